The first-order valence-corrected chi connectivity index (χ1v) is 11.0. The molecule has 2 heterocycles. The third-order valence-corrected chi connectivity index (χ3v) is 5.39. The maximum Gasteiger partial charge on any atom is 0.357 e. The van der Waals surface area contributed by atoms with Gasteiger partial charge in [0.15, 0.2) is 23.5 Å². The van der Waals surface area contributed by atoms with Gasteiger partial charge in [-0.25, -0.2) is 14.3 Å². The molecular formula is C25H26N2O8. The summed E-state index contributed by atoms with van der Waals surface area (Å²) in [6.45, 7) is 1.44. The predicted molar refractivity (Wildman–Crippen MR) is 124 cm³/mol. The molecule has 0 saturated carbocycles. The van der Waals surface area contributed by atoms with Crippen LogP contribution >= 0.6 is 0 Å². The van der Waals surface area contributed by atoms with Crippen molar-refractivity contribution >= 4 is 11.9 Å². The number of rotatable bonds is 9. The number of benzene rings is 2. The summed E-state index contributed by atoms with van der Waals surface area (Å²) in [5.74, 6) is -0.518. The first kappa shape index (κ1) is 24.2. The molecule has 0 radical (unpaired) electrons. The molecule has 0 atom stereocenters. The Kier molecular flexibility index (Phi) is 7.64. The number of esters is 2. The minimum atomic E-state index is -0.727. The average Bonchev–Trinajstić information content (AvgIpc) is 3.56. The van der Waals surface area contributed by atoms with E-state index in [0.717, 1.165) is 0 Å². The number of carbonyl (C=O) groups excluding carboxylic acids is 2. The molecule has 0 bridgehead atoms. The highest BCUT2D eigenvalue weighted by Crippen LogP contribution is 2.35. The van der Waals surface area contributed by atoms with E-state index in [1.165, 1.54) is 26.0 Å². The smallest absolute Gasteiger partial charge is 0.357 e. The summed E-state index contributed by atoms with van der Waals surface area (Å²) < 4.78 is 33.6. The predicted octanol–water partition coefficient (Wildman–Crippen LogP) is 3.26. The summed E-state index contributed by atoms with van der Waals surface area (Å²) in [7, 11) is 4.01. The van der Waals surface area contributed by atoms with Crippen LogP contribution in [0.4, 0.5) is 0 Å². The van der Waals surface area contributed by atoms with Gasteiger partial charge in [0.25, 0.3) is 0 Å². The standard InChI is InChI=1S/C25H26N2O8/c1-30-18-10-9-16(15-19(18)33-12-11-20-34-13-14-35-20)22-21(24(28)31-2)23(25(29)32-3)27(26-22)17-7-5-4-6-8-17/h4-10,15,20H,11-14H2,1-3H3. The molecule has 4 rings (SSSR count). The molecule has 2 aromatic carbocycles. The Bertz CT molecular complexity index is 1190. The van der Waals surface area contributed by atoms with Gasteiger partial charge in [0.2, 0.25) is 0 Å². The van der Waals surface area contributed by atoms with Crippen LogP contribution in [0.2, 0.25) is 0 Å². The SMILES string of the molecule is COC(=O)c1c(-c2ccc(OC)c(OCCC3OCCO3)c2)nn(-c2ccccc2)c1C(=O)OC. The van der Waals surface area contributed by atoms with Crippen molar-refractivity contribution in [2.75, 3.05) is 41.2 Å². The van der Waals surface area contributed by atoms with Crippen molar-refractivity contribution < 1.29 is 38.0 Å². The van der Waals surface area contributed by atoms with Gasteiger partial charge in [0.05, 0.1) is 46.8 Å². The number of carbonyl (C=O) groups is 2. The molecular weight excluding hydrogens is 456 g/mol. The zero-order valence-corrected chi connectivity index (χ0v) is 19.7. The highest BCUT2D eigenvalue weighted by Gasteiger charge is 2.31. The molecule has 1 aliphatic heterocycles. The van der Waals surface area contributed by atoms with Crippen LogP contribution in [0.1, 0.15) is 27.3 Å². The Morgan fingerprint density at radius 3 is 2.34 bits per heavy atom. The van der Waals surface area contributed by atoms with Gasteiger partial charge in [-0.3, -0.25) is 0 Å². The molecule has 184 valence electrons. The first-order chi connectivity index (χ1) is 17.1. The molecule has 3 aromatic rings. The lowest BCUT2D eigenvalue weighted by Crippen LogP contribution is -2.15. The lowest BCUT2D eigenvalue weighted by atomic mass is 10.0. The Hall–Kier alpha value is -3.89. The van der Waals surface area contributed by atoms with Crippen molar-refractivity contribution in [2.24, 2.45) is 0 Å². The normalized spacial score (nSPS) is 13.5. The van der Waals surface area contributed by atoms with E-state index in [2.05, 4.69) is 5.10 Å². The molecule has 10 heteroatoms. The van der Waals surface area contributed by atoms with Gasteiger partial charge < -0.3 is 28.4 Å². The summed E-state index contributed by atoms with van der Waals surface area (Å²) in [5, 5.41) is 4.61. The minimum Gasteiger partial charge on any atom is -0.493 e. The first-order valence-electron chi connectivity index (χ1n) is 11.0. The zero-order chi connectivity index (χ0) is 24.8. The van der Waals surface area contributed by atoms with Crippen LogP contribution in [-0.2, 0) is 18.9 Å². The lowest BCUT2D eigenvalue weighted by molar-refractivity contribution is -0.0532. The monoisotopic (exact) mass is 482 g/mol. The second-order valence-electron chi connectivity index (χ2n) is 7.48. The van der Waals surface area contributed by atoms with Gasteiger partial charge in [0.1, 0.15) is 11.3 Å². The van der Waals surface area contributed by atoms with Crippen molar-refractivity contribution in [1.82, 2.24) is 9.78 Å². The fraction of sp³-hybridized carbons (Fsp3) is 0.320. The van der Waals surface area contributed by atoms with Crippen LogP contribution < -0.4 is 9.47 Å². The number of aromatic nitrogens is 2. The van der Waals surface area contributed by atoms with Crippen molar-refractivity contribution in [1.29, 1.82) is 0 Å². The molecule has 1 aliphatic rings. The third kappa shape index (κ3) is 5.13. The van der Waals surface area contributed by atoms with Gasteiger partial charge in [-0.05, 0) is 30.3 Å². The fourth-order valence-corrected chi connectivity index (χ4v) is 3.73. The van der Waals surface area contributed by atoms with E-state index in [4.69, 9.17) is 28.4 Å². The van der Waals surface area contributed by atoms with Gasteiger partial charge in [-0.15, -0.1) is 0 Å². The summed E-state index contributed by atoms with van der Waals surface area (Å²) in [6, 6.07) is 14.1. The number of nitrogens with zero attached hydrogens (tertiary/aromatic N) is 2. The lowest BCUT2D eigenvalue weighted by Gasteiger charge is -2.14. The van der Waals surface area contributed by atoms with E-state index >= 15 is 0 Å². The van der Waals surface area contributed by atoms with Crippen LogP contribution in [-0.4, -0.2) is 69.2 Å². The Balaban J connectivity index is 1.78. The Morgan fingerprint density at radius 1 is 0.971 bits per heavy atom. The van der Waals surface area contributed by atoms with Crippen LogP contribution in [0.3, 0.4) is 0 Å². The third-order valence-electron chi connectivity index (χ3n) is 5.39. The number of hydrogen-bond donors (Lipinski definition) is 0. The molecule has 0 N–H and O–H groups in total. The molecule has 0 unspecified atom stereocenters. The van der Waals surface area contributed by atoms with Crippen molar-refractivity contribution in [3.8, 4) is 28.4 Å². The average molecular weight is 482 g/mol. The van der Waals surface area contributed by atoms with Gasteiger partial charge in [-0.1, -0.05) is 18.2 Å². The quantitative estimate of drug-likeness (QED) is 0.425. The summed E-state index contributed by atoms with van der Waals surface area (Å²) in [6.07, 6.45) is 0.231. The van der Waals surface area contributed by atoms with Gasteiger partial charge in [-0.2, -0.15) is 5.10 Å². The summed E-state index contributed by atoms with van der Waals surface area (Å²) in [5.41, 5.74) is 1.26. The van der Waals surface area contributed by atoms with Crippen LogP contribution in [0, 0.1) is 0 Å². The van der Waals surface area contributed by atoms with E-state index in [9.17, 15) is 9.59 Å². The number of methoxy groups -OCH3 is 3. The molecule has 0 aliphatic carbocycles. The number of para-hydroxylation sites is 1. The van der Waals surface area contributed by atoms with Crippen LogP contribution in [0.5, 0.6) is 11.5 Å². The molecule has 0 amide bonds. The molecule has 1 aromatic heterocycles. The van der Waals surface area contributed by atoms with E-state index in [1.54, 1.807) is 42.5 Å². The van der Waals surface area contributed by atoms with E-state index < -0.39 is 11.9 Å². The second kappa shape index (κ2) is 11.0. The minimum absolute atomic E-state index is 0.0212. The van der Waals surface area contributed by atoms with E-state index in [0.29, 0.717) is 49.0 Å². The molecule has 0 spiro atoms. The van der Waals surface area contributed by atoms with E-state index in [-0.39, 0.29) is 23.2 Å². The zero-order valence-electron chi connectivity index (χ0n) is 19.7. The van der Waals surface area contributed by atoms with Gasteiger partial charge >= 0.3 is 11.9 Å². The highest BCUT2D eigenvalue weighted by atomic mass is 16.7. The fourth-order valence-electron chi connectivity index (χ4n) is 3.73. The van der Waals surface area contributed by atoms with Crippen molar-refractivity contribution in [2.45, 2.75) is 12.7 Å². The Morgan fingerprint density at radius 2 is 1.69 bits per heavy atom. The maximum atomic E-state index is 12.9. The topological polar surface area (TPSA) is 107 Å². The largest absolute Gasteiger partial charge is 0.493 e. The number of hydrogen-bond acceptors (Lipinski definition) is 9. The summed E-state index contributed by atoms with van der Waals surface area (Å²) >= 11 is 0. The van der Waals surface area contributed by atoms with Crippen molar-refractivity contribution in [3.63, 3.8) is 0 Å². The van der Waals surface area contributed by atoms with E-state index in [1.807, 2.05) is 6.07 Å². The maximum absolute atomic E-state index is 12.9. The van der Waals surface area contributed by atoms with Crippen molar-refractivity contribution in [3.05, 3.63) is 59.8 Å². The number of ether oxygens (including phenoxy) is 6. The highest BCUT2D eigenvalue weighted by molar-refractivity contribution is 6.06. The Labute approximate surface area is 202 Å². The van der Waals surface area contributed by atoms with Crippen LogP contribution in [0.15, 0.2) is 48.5 Å². The molecule has 1 saturated heterocycles. The summed E-state index contributed by atoms with van der Waals surface area (Å²) in [4.78, 5) is 25.6. The molecule has 35 heavy (non-hydrogen) atoms. The molecule has 10 nitrogen and oxygen atoms in total. The van der Waals surface area contributed by atoms with Gasteiger partial charge in [0, 0.05) is 12.0 Å². The molecule has 1 fully saturated rings. The second-order valence-corrected chi connectivity index (χ2v) is 7.48. The van der Waals surface area contributed by atoms with Crippen LogP contribution in [0.25, 0.3) is 16.9 Å².